The van der Waals surface area contributed by atoms with Gasteiger partial charge in [-0.1, -0.05) is 133 Å². The molecule has 4 heteroatoms. The third kappa shape index (κ3) is 4.27. The largest absolute Gasteiger partial charge is 0.455 e. The van der Waals surface area contributed by atoms with Crippen LogP contribution < -0.4 is 0 Å². The molecule has 0 saturated heterocycles. The third-order valence-electron chi connectivity index (χ3n) is 8.52. The van der Waals surface area contributed by atoms with Crippen molar-refractivity contribution in [1.82, 2.24) is 15.0 Å². The van der Waals surface area contributed by atoms with Crippen molar-refractivity contribution in [3.05, 3.63) is 152 Å². The van der Waals surface area contributed by atoms with Gasteiger partial charge in [0.05, 0.1) is 0 Å². The van der Waals surface area contributed by atoms with E-state index < -0.39 is 0 Å². The second-order valence-corrected chi connectivity index (χ2v) is 11.2. The van der Waals surface area contributed by atoms with Gasteiger partial charge in [-0.15, -0.1) is 0 Å². The highest BCUT2D eigenvalue weighted by Crippen LogP contribution is 2.41. The molecular weight excluding hydrogens is 550 g/mol. The van der Waals surface area contributed by atoms with Crippen LogP contribution in [0.4, 0.5) is 0 Å². The molecular formula is C41H25N3O. The molecule has 0 aliphatic heterocycles. The Morgan fingerprint density at radius 2 is 0.978 bits per heavy atom. The van der Waals surface area contributed by atoms with Crippen molar-refractivity contribution in [3.8, 4) is 45.3 Å². The van der Waals surface area contributed by atoms with Gasteiger partial charge in [-0.25, -0.2) is 15.0 Å². The first-order chi connectivity index (χ1) is 22.3. The van der Waals surface area contributed by atoms with Crippen LogP contribution in [0.3, 0.4) is 0 Å². The summed E-state index contributed by atoms with van der Waals surface area (Å²) in [7, 11) is 0. The lowest BCUT2D eigenvalue weighted by Gasteiger charge is -2.12. The van der Waals surface area contributed by atoms with Crippen LogP contribution in [0.2, 0.25) is 0 Å². The quantitative estimate of drug-likeness (QED) is 0.209. The summed E-state index contributed by atoms with van der Waals surface area (Å²) in [5.74, 6) is 1.90. The molecule has 0 atom stereocenters. The van der Waals surface area contributed by atoms with Crippen molar-refractivity contribution >= 4 is 43.5 Å². The zero-order chi connectivity index (χ0) is 29.7. The van der Waals surface area contributed by atoms with E-state index >= 15 is 0 Å². The van der Waals surface area contributed by atoms with E-state index in [4.69, 9.17) is 19.4 Å². The molecule has 2 aromatic heterocycles. The standard InChI is InChI=1S/C41H25N3O/c1-3-12-26(13-4-1)29-22-23-32-35-25-36(31-19-9-10-20-33(31)38(35)45-37(32)24-29)41-43-39(28-15-5-2-6-16-28)42-40(44-41)34-21-11-17-27-14-7-8-18-30(27)34/h1-25H. The van der Waals surface area contributed by atoms with Crippen molar-refractivity contribution < 1.29 is 4.42 Å². The van der Waals surface area contributed by atoms with Crippen LogP contribution in [0.25, 0.3) is 88.8 Å². The van der Waals surface area contributed by atoms with Crippen LogP contribution in [0.1, 0.15) is 0 Å². The highest BCUT2D eigenvalue weighted by Gasteiger charge is 2.19. The maximum absolute atomic E-state index is 6.60. The maximum atomic E-state index is 6.60. The number of aromatic nitrogens is 3. The van der Waals surface area contributed by atoms with Crippen molar-refractivity contribution in [2.24, 2.45) is 0 Å². The molecule has 9 aromatic rings. The number of nitrogens with zero attached hydrogens (tertiary/aromatic N) is 3. The Kier molecular flexibility index (Phi) is 5.78. The summed E-state index contributed by atoms with van der Waals surface area (Å²) in [5.41, 5.74) is 6.85. The number of benzene rings is 7. The molecule has 4 nitrogen and oxygen atoms in total. The summed E-state index contributed by atoms with van der Waals surface area (Å²) < 4.78 is 6.60. The fourth-order valence-corrected chi connectivity index (χ4v) is 6.35. The zero-order valence-corrected chi connectivity index (χ0v) is 24.2. The lowest BCUT2D eigenvalue weighted by atomic mass is 9.98. The zero-order valence-electron chi connectivity index (χ0n) is 24.2. The number of fused-ring (bicyclic) bond motifs is 6. The lowest BCUT2D eigenvalue weighted by Crippen LogP contribution is -2.01. The second-order valence-electron chi connectivity index (χ2n) is 11.2. The minimum absolute atomic E-state index is 0.625. The van der Waals surface area contributed by atoms with Gasteiger partial charge in [-0.2, -0.15) is 0 Å². The molecule has 0 unspecified atom stereocenters. The Bertz CT molecular complexity index is 2530. The number of hydrogen-bond donors (Lipinski definition) is 0. The van der Waals surface area contributed by atoms with Gasteiger partial charge in [0, 0.05) is 32.8 Å². The first kappa shape index (κ1) is 25.4. The Morgan fingerprint density at radius 3 is 1.78 bits per heavy atom. The second kappa shape index (κ2) is 10.2. The molecule has 9 rings (SSSR count). The lowest BCUT2D eigenvalue weighted by molar-refractivity contribution is 0.673. The minimum Gasteiger partial charge on any atom is -0.455 e. The molecule has 0 aliphatic carbocycles. The first-order valence-corrected chi connectivity index (χ1v) is 15.0. The molecule has 2 heterocycles. The Balaban J connectivity index is 1.32. The van der Waals surface area contributed by atoms with Gasteiger partial charge in [-0.05, 0) is 45.5 Å². The van der Waals surface area contributed by atoms with Crippen LogP contribution in [-0.4, -0.2) is 15.0 Å². The van der Waals surface area contributed by atoms with Crippen LogP contribution in [0.15, 0.2) is 156 Å². The van der Waals surface area contributed by atoms with Crippen LogP contribution in [-0.2, 0) is 0 Å². The van der Waals surface area contributed by atoms with Gasteiger partial charge in [0.2, 0.25) is 0 Å². The van der Waals surface area contributed by atoms with Gasteiger partial charge in [-0.3, -0.25) is 0 Å². The summed E-state index contributed by atoms with van der Waals surface area (Å²) in [6, 6.07) is 52.1. The Labute approximate surface area is 259 Å². The number of hydrogen-bond acceptors (Lipinski definition) is 4. The maximum Gasteiger partial charge on any atom is 0.164 e. The van der Waals surface area contributed by atoms with E-state index in [1.165, 1.54) is 0 Å². The van der Waals surface area contributed by atoms with Crippen LogP contribution >= 0.6 is 0 Å². The summed E-state index contributed by atoms with van der Waals surface area (Å²) in [6.07, 6.45) is 0. The number of rotatable bonds is 4. The average molecular weight is 576 g/mol. The molecule has 7 aromatic carbocycles. The molecule has 45 heavy (non-hydrogen) atoms. The van der Waals surface area contributed by atoms with Gasteiger partial charge in [0.15, 0.2) is 17.5 Å². The predicted octanol–water partition coefficient (Wildman–Crippen LogP) is 10.7. The minimum atomic E-state index is 0.625. The molecule has 0 saturated carbocycles. The summed E-state index contributed by atoms with van der Waals surface area (Å²) in [5, 5.41) is 6.39. The van der Waals surface area contributed by atoms with Crippen molar-refractivity contribution in [2.75, 3.05) is 0 Å². The van der Waals surface area contributed by atoms with E-state index in [-0.39, 0.29) is 0 Å². The normalized spacial score (nSPS) is 11.6. The van der Waals surface area contributed by atoms with Crippen molar-refractivity contribution in [3.63, 3.8) is 0 Å². The Morgan fingerprint density at radius 1 is 0.356 bits per heavy atom. The van der Waals surface area contributed by atoms with Gasteiger partial charge < -0.3 is 4.42 Å². The highest BCUT2D eigenvalue weighted by molar-refractivity contribution is 6.19. The van der Waals surface area contributed by atoms with E-state index in [1.54, 1.807) is 0 Å². The van der Waals surface area contributed by atoms with E-state index in [9.17, 15) is 0 Å². The van der Waals surface area contributed by atoms with Gasteiger partial charge >= 0.3 is 0 Å². The van der Waals surface area contributed by atoms with Crippen LogP contribution in [0.5, 0.6) is 0 Å². The van der Waals surface area contributed by atoms with Crippen molar-refractivity contribution in [1.29, 1.82) is 0 Å². The number of furan rings is 1. The SMILES string of the molecule is c1ccc(-c2ccc3c(c2)oc2c4ccccc4c(-c4nc(-c5ccccc5)nc(-c5cccc6ccccc56)n4)cc32)cc1. The molecule has 0 aliphatic rings. The topological polar surface area (TPSA) is 51.8 Å². The Hall–Kier alpha value is -6.13. The van der Waals surface area contributed by atoms with E-state index in [2.05, 4.69) is 115 Å². The van der Waals surface area contributed by atoms with E-state index in [0.717, 1.165) is 71.3 Å². The first-order valence-electron chi connectivity index (χ1n) is 15.0. The fraction of sp³-hybridized carbons (Fsp3) is 0. The molecule has 0 spiro atoms. The molecule has 0 N–H and O–H groups in total. The van der Waals surface area contributed by atoms with E-state index in [1.807, 2.05) is 36.4 Å². The van der Waals surface area contributed by atoms with Gasteiger partial charge in [0.25, 0.3) is 0 Å². The summed E-state index contributed by atoms with van der Waals surface area (Å²) in [4.78, 5) is 15.3. The monoisotopic (exact) mass is 575 g/mol. The molecule has 0 radical (unpaired) electrons. The summed E-state index contributed by atoms with van der Waals surface area (Å²) in [6.45, 7) is 0. The smallest absolute Gasteiger partial charge is 0.164 e. The average Bonchev–Trinajstić information content (AvgIpc) is 3.50. The molecule has 0 bridgehead atoms. The third-order valence-corrected chi connectivity index (χ3v) is 8.52. The van der Waals surface area contributed by atoms with Crippen LogP contribution in [0, 0.1) is 0 Å². The predicted molar refractivity (Wildman–Crippen MR) is 184 cm³/mol. The van der Waals surface area contributed by atoms with Crippen molar-refractivity contribution in [2.45, 2.75) is 0 Å². The van der Waals surface area contributed by atoms with E-state index in [0.29, 0.717) is 17.5 Å². The van der Waals surface area contributed by atoms with Gasteiger partial charge in [0.1, 0.15) is 11.2 Å². The highest BCUT2D eigenvalue weighted by atomic mass is 16.3. The molecule has 210 valence electrons. The fourth-order valence-electron chi connectivity index (χ4n) is 6.35. The summed E-state index contributed by atoms with van der Waals surface area (Å²) >= 11 is 0. The molecule has 0 fully saturated rings. The molecule has 0 amide bonds.